The van der Waals surface area contributed by atoms with Crippen LogP contribution in [-0.4, -0.2) is 11.6 Å². The summed E-state index contributed by atoms with van der Waals surface area (Å²) < 4.78 is 10.4. The van der Waals surface area contributed by atoms with Crippen LogP contribution in [0.25, 0.3) is 0 Å². The van der Waals surface area contributed by atoms with Crippen molar-refractivity contribution in [1.29, 1.82) is 0 Å². The minimum absolute atomic E-state index is 0.404. The Hall–Kier alpha value is -0.870. The van der Waals surface area contributed by atoms with E-state index in [0.29, 0.717) is 13.2 Å². The normalized spacial score (nSPS) is 10.5. The van der Waals surface area contributed by atoms with Gasteiger partial charge in [0.25, 0.3) is 0 Å². The van der Waals surface area contributed by atoms with Crippen molar-refractivity contribution >= 4 is 0 Å². The van der Waals surface area contributed by atoms with Crippen molar-refractivity contribution in [1.82, 2.24) is 4.98 Å². The molecule has 0 saturated carbocycles. The number of oxazole rings is 1. The fraction of sp³-hybridized carbons (Fsp3) is 0.625. The summed E-state index contributed by atoms with van der Waals surface area (Å²) in [4.78, 5) is 3.94. The van der Waals surface area contributed by atoms with E-state index >= 15 is 0 Å². The Bertz CT molecular complexity index is 223. The highest BCUT2D eigenvalue weighted by atomic mass is 16.5. The molecule has 0 aliphatic heterocycles. The van der Waals surface area contributed by atoms with E-state index in [1.54, 1.807) is 0 Å². The molecular weight excluding hydrogens is 156 g/mol. The maximum absolute atomic E-state index is 5.42. The number of nitrogens with two attached hydrogens (primary N) is 1. The zero-order valence-corrected chi connectivity index (χ0v) is 7.25. The highest BCUT2D eigenvalue weighted by molar-refractivity contribution is 5.04. The van der Waals surface area contributed by atoms with Gasteiger partial charge in [0, 0.05) is 13.2 Å². The lowest BCUT2D eigenvalue weighted by molar-refractivity contribution is 0.106. The first-order valence-corrected chi connectivity index (χ1v) is 4.07. The van der Waals surface area contributed by atoms with Crippen LogP contribution in [0, 0.1) is 0 Å². The molecule has 1 aromatic heterocycles. The second-order valence-electron chi connectivity index (χ2n) is 2.48. The minimum Gasteiger partial charge on any atom is -0.446 e. The van der Waals surface area contributed by atoms with Crippen LogP contribution in [0.1, 0.15) is 24.8 Å². The topological polar surface area (TPSA) is 61.3 Å². The quantitative estimate of drug-likeness (QED) is 0.671. The summed E-state index contributed by atoms with van der Waals surface area (Å²) in [5.41, 5.74) is 6.20. The van der Waals surface area contributed by atoms with E-state index in [-0.39, 0.29) is 0 Å². The van der Waals surface area contributed by atoms with Gasteiger partial charge >= 0.3 is 0 Å². The second-order valence-corrected chi connectivity index (χ2v) is 2.48. The molecule has 0 unspecified atom stereocenters. The fourth-order valence-corrected chi connectivity index (χ4v) is 0.887. The van der Waals surface area contributed by atoms with Crippen LogP contribution in [0.15, 0.2) is 10.8 Å². The first kappa shape index (κ1) is 9.22. The van der Waals surface area contributed by atoms with Crippen molar-refractivity contribution in [3.05, 3.63) is 17.8 Å². The molecule has 0 aromatic carbocycles. The molecule has 0 aliphatic rings. The van der Waals surface area contributed by atoms with Crippen molar-refractivity contribution in [3.63, 3.8) is 0 Å². The van der Waals surface area contributed by atoms with Crippen LogP contribution in [0.4, 0.5) is 0 Å². The van der Waals surface area contributed by atoms with E-state index in [0.717, 1.165) is 24.5 Å². The first-order chi connectivity index (χ1) is 5.88. The summed E-state index contributed by atoms with van der Waals surface area (Å²) in [7, 11) is 0. The molecule has 2 N–H and O–H groups in total. The summed E-state index contributed by atoms with van der Waals surface area (Å²) in [6.07, 6.45) is 2.40. The van der Waals surface area contributed by atoms with E-state index in [4.69, 9.17) is 14.9 Å². The molecular formula is C8H14N2O2. The molecule has 68 valence electrons. The van der Waals surface area contributed by atoms with Gasteiger partial charge in [-0.15, -0.1) is 0 Å². The average molecular weight is 170 g/mol. The van der Waals surface area contributed by atoms with E-state index in [1.807, 2.05) is 0 Å². The van der Waals surface area contributed by atoms with Gasteiger partial charge in [0.05, 0.1) is 5.69 Å². The van der Waals surface area contributed by atoms with Gasteiger partial charge in [0.15, 0.2) is 12.2 Å². The van der Waals surface area contributed by atoms with Crippen LogP contribution in [0.2, 0.25) is 0 Å². The number of nitrogens with zero attached hydrogens (tertiary/aromatic N) is 1. The van der Waals surface area contributed by atoms with Crippen molar-refractivity contribution in [2.45, 2.75) is 26.5 Å². The third kappa shape index (κ3) is 2.32. The SMILES string of the molecule is CCCOCc1ocnc1CN. The number of ether oxygens (including phenoxy) is 1. The first-order valence-electron chi connectivity index (χ1n) is 4.07. The smallest absolute Gasteiger partial charge is 0.181 e. The second kappa shape index (κ2) is 4.90. The molecule has 1 rings (SSSR count). The average Bonchev–Trinajstić information content (AvgIpc) is 2.52. The molecule has 4 nitrogen and oxygen atoms in total. The van der Waals surface area contributed by atoms with E-state index < -0.39 is 0 Å². The Morgan fingerprint density at radius 1 is 1.67 bits per heavy atom. The van der Waals surface area contributed by atoms with Crippen molar-refractivity contribution in [2.75, 3.05) is 6.61 Å². The monoisotopic (exact) mass is 170 g/mol. The lowest BCUT2D eigenvalue weighted by Crippen LogP contribution is -2.02. The van der Waals surface area contributed by atoms with E-state index in [1.165, 1.54) is 6.39 Å². The van der Waals surface area contributed by atoms with Gasteiger partial charge < -0.3 is 14.9 Å². The number of aromatic nitrogens is 1. The Morgan fingerprint density at radius 2 is 2.50 bits per heavy atom. The van der Waals surface area contributed by atoms with Gasteiger partial charge in [-0.3, -0.25) is 0 Å². The predicted octanol–water partition coefficient (Wildman–Crippen LogP) is 1.06. The van der Waals surface area contributed by atoms with Gasteiger partial charge in [-0.25, -0.2) is 4.98 Å². The molecule has 0 bridgehead atoms. The molecule has 0 aliphatic carbocycles. The molecule has 1 heterocycles. The Morgan fingerprint density at radius 3 is 3.17 bits per heavy atom. The minimum atomic E-state index is 0.404. The standard InChI is InChI=1S/C8H14N2O2/c1-2-3-11-5-8-7(4-9)10-6-12-8/h6H,2-5,9H2,1H3. The Balaban J connectivity index is 2.39. The molecule has 0 amide bonds. The molecule has 4 heteroatoms. The summed E-state index contributed by atoms with van der Waals surface area (Å²) in [6.45, 7) is 3.68. The van der Waals surface area contributed by atoms with Gasteiger partial charge in [0.1, 0.15) is 6.61 Å². The largest absolute Gasteiger partial charge is 0.446 e. The molecule has 0 saturated heterocycles. The van der Waals surface area contributed by atoms with Gasteiger partial charge in [-0.05, 0) is 6.42 Å². The summed E-state index contributed by atoms with van der Waals surface area (Å²) in [6, 6.07) is 0. The lowest BCUT2D eigenvalue weighted by Gasteiger charge is -1.99. The Labute approximate surface area is 71.7 Å². The molecule has 12 heavy (non-hydrogen) atoms. The van der Waals surface area contributed by atoms with Crippen molar-refractivity contribution in [2.24, 2.45) is 5.73 Å². The van der Waals surface area contributed by atoms with Crippen LogP contribution in [-0.2, 0) is 17.9 Å². The van der Waals surface area contributed by atoms with E-state index in [9.17, 15) is 0 Å². The highest BCUT2D eigenvalue weighted by Crippen LogP contribution is 2.07. The van der Waals surface area contributed by atoms with Crippen molar-refractivity contribution < 1.29 is 9.15 Å². The lowest BCUT2D eigenvalue weighted by atomic mass is 10.3. The summed E-state index contributed by atoms with van der Waals surface area (Å²) in [5, 5.41) is 0. The zero-order valence-electron chi connectivity index (χ0n) is 7.25. The maximum Gasteiger partial charge on any atom is 0.181 e. The molecule has 0 spiro atoms. The van der Waals surface area contributed by atoms with Crippen LogP contribution in [0.5, 0.6) is 0 Å². The summed E-state index contributed by atoms with van der Waals surface area (Å²) in [5.74, 6) is 0.742. The predicted molar refractivity (Wildman–Crippen MR) is 44.3 cm³/mol. The molecule has 0 fully saturated rings. The summed E-state index contributed by atoms with van der Waals surface area (Å²) >= 11 is 0. The highest BCUT2D eigenvalue weighted by Gasteiger charge is 2.05. The van der Waals surface area contributed by atoms with Gasteiger partial charge in [-0.2, -0.15) is 0 Å². The fourth-order valence-electron chi connectivity index (χ4n) is 0.887. The maximum atomic E-state index is 5.42. The third-order valence-corrected chi connectivity index (χ3v) is 1.50. The third-order valence-electron chi connectivity index (χ3n) is 1.50. The zero-order chi connectivity index (χ0) is 8.81. The van der Waals surface area contributed by atoms with Crippen molar-refractivity contribution in [3.8, 4) is 0 Å². The van der Waals surface area contributed by atoms with Gasteiger partial charge in [0.2, 0.25) is 0 Å². The number of hydrogen-bond acceptors (Lipinski definition) is 4. The van der Waals surface area contributed by atoms with Crippen LogP contribution < -0.4 is 5.73 Å². The number of rotatable bonds is 5. The van der Waals surface area contributed by atoms with Crippen LogP contribution >= 0.6 is 0 Å². The number of hydrogen-bond donors (Lipinski definition) is 1. The van der Waals surface area contributed by atoms with Gasteiger partial charge in [-0.1, -0.05) is 6.92 Å². The molecule has 1 aromatic rings. The molecule has 0 radical (unpaired) electrons. The van der Waals surface area contributed by atoms with Crippen LogP contribution in [0.3, 0.4) is 0 Å². The van der Waals surface area contributed by atoms with E-state index in [2.05, 4.69) is 11.9 Å². The Kier molecular flexibility index (Phi) is 3.76. The molecule has 0 atom stereocenters.